The van der Waals surface area contributed by atoms with Crippen LogP contribution in [0.2, 0.25) is 0 Å². The number of para-hydroxylation sites is 2. The molecular weight excluding hydrogens is 665 g/mol. The Labute approximate surface area is 254 Å². The number of ether oxygens (including phenoxy) is 1. The van der Waals surface area contributed by atoms with Crippen molar-refractivity contribution >= 4 is 29.3 Å². The summed E-state index contributed by atoms with van der Waals surface area (Å²) in [6.07, 6.45) is 0. The molecule has 1 aliphatic rings. The van der Waals surface area contributed by atoms with Gasteiger partial charge in [0, 0.05) is 43.9 Å². The number of benzene rings is 4. The van der Waals surface area contributed by atoms with Gasteiger partial charge in [0.05, 0.1) is 6.07 Å². The molecule has 4 aromatic rings. The third-order valence-electron chi connectivity index (χ3n) is 5.47. The minimum Gasteiger partial charge on any atom is -0.457 e. The van der Waals surface area contributed by atoms with E-state index in [4.69, 9.17) is 23.0 Å². The molecule has 1 aliphatic heterocycles. The van der Waals surface area contributed by atoms with Gasteiger partial charge in [-0.15, -0.1) is 0 Å². The minimum absolute atomic E-state index is 0. The Morgan fingerprint density at radius 3 is 1.37 bits per heavy atom. The Morgan fingerprint density at radius 2 is 1.05 bits per heavy atom. The molecule has 0 aromatic heterocycles. The fourth-order valence-electron chi connectivity index (χ4n) is 3.62. The van der Waals surface area contributed by atoms with Crippen LogP contribution in [0, 0.1) is 11.3 Å². The Hall–Kier alpha value is -3.04. The van der Waals surface area contributed by atoms with E-state index in [-0.39, 0.29) is 25.8 Å². The molecule has 4 aromatic carbocycles. The van der Waals surface area contributed by atoms with Crippen LogP contribution in [0.15, 0.2) is 109 Å². The molecule has 0 atom stereocenters. The number of hydrogen-bond donors (Lipinski definition) is 1. The van der Waals surface area contributed by atoms with Gasteiger partial charge >= 0.3 is 15.6 Å². The molecule has 1 heterocycles. The van der Waals surface area contributed by atoms with Crippen molar-refractivity contribution in [3.63, 3.8) is 0 Å². The quantitative estimate of drug-likeness (QED) is 0.103. The summed E-state index contributed by atoms with van der Waals surface area (Å²) in [6, 6.07) is 39.4. The van der Waals surface area contributed by atoms with Gasteiger partial charge in [-0.25, -0.2) is 0 Å². The molecule has 0 amide bonds. The number of alkyl halides is 3. The summed E-state index contributed by atoms with van der Waals surface area (Å²) in [6.45, 7) is 5.92. The standard InChI is InChI=1S/C15H14O.C12H11P.C2H3N.CHF3O3S.Pd/c1-15(2)11-7-3-5-9-13(11)16-14-10-6-4-8-12(14)15;1-3-7-11(8-4-1)13-12-9-5-2-6-10-12;1-2-3;2-1(3,4)8(5,6)7;/h3-10H,1-2H3;1-10,13H;1H3;(H,5,6,7);. The van der Waals surface area contributed by atoms with Crippen molar-refractivity contribution in [3.05, 3.63) is 120 Å². The molecule has 0 fully saturated rings. The first-order chi connectivity index (χ1) is 18.8. The molecule has 220 valence electrons. The van der Waals surface area contributed by atoms with E-state index in [0.29, 0.717) is 0 Å². The predicted octanol–water partition coefficient (Wildman–Crippen LogP) is 7.36. The molecule has 0 saturated carbocycles. The second-order valence-corrected chi connectivity index (χ2v) is 11.5. The monoisotopic (exact) mass is 693 g/mol. The van der Waals surface area contributed by atoms with Gasteiger partial charge in [0.25, 0.3) is 0 Å². The molecule has 5 rings (SSSR count). The van der Waals surface area contributed by atoms with Crippen molar-refractivity contribution in [3.8, 4) is 17.6 Å². The van der Waals surface area contributed by atoms with Crippen LogP contribution < -0.4 is 15.3 Å². The number of hydrogen-bond acceptors (Lipinski definition) is 4. The smallest absolute Gasteiger partial charge is 0.457 e. The van der Waals surface area contributed by atoms with E-state index in [1.807, 2.05) is 24.3 Å². The summed E-state index contributed by atoms with van der Waals surface area (Å²) in [7, 11) is -5.06. The van der Waals surface area contributed by atoms with Crippen LogP contribution in [-0.4, -0.2) is 18.5 Å². The number of nitriles is 1. The number of rotatable bonds is 2. The van der Waals surface area contributed by atoms with Gasteiger partial charge in [-0.2, -0.15) is 26.9 Å². The van der Waals surface area contributed by atoms with E-state index in [1.165, 1.54) is 28.7 Å². The van der Waals surface area contributed by atoms with Gasteiger partial charge in [0.1, 0.15) is 11.5 Å². The normalized spacial score (nSPS) is 12.2. The van der Waals surface area contributed by atoms with Crippen LogP contribution in [0.1, 0.15) is 31.9 Å². The number of nitrogens with zero attached hydrogens (tertiary/aromatic N) is 1. The topological polar surface area (TPSA) is 87.4 Å². The van der Waals surface area contributed by atoms with E-state index < -0.39 is 15.6 Å². The van der Waals surface area contributed by atoms with E-state index in [2.05, 4.69) is 98.8 Å². The van der Waals surface area contributed by atoms with Crippen molar-refractivity contribution in [1.82, 2.24) is 0 Å². The number of fused-ring (bicyclic) bond motifs is 2. The van der Waals surface area contributed by atoms with Gasteiger partial charge in [-0.1, -0.05) is 119 Å². The predicted molar refractivity (Wildman–Crippen MR) is 154 cm³/mol. The Balaban J connectivity index is 0.000000304. The molecule has 5 nitrogen and oxygen atoms in total. The van der Waals surface area contributed by atoms with E-state index in [9.17, 15) is 13.2 Å². The van der Waals surface area contributed by atoms with Gasteiger partial charge in [0.2, 0.25) is 0 Å². The molecule has 0 aliphatic carbocycles. The Morgan fingerprint density at radius 1 is 0.756 bits per heavy atom. The fourth-order valence-corrected chi connectivity index (χ4v) is 4.67. The van der Waals surface area contributed by atoms with Crippen molar-refractivity contribution < 1.29 is 51.3 Å². The van der Waals surface area contributed by atoms with Gasteiger partial charge in [-0.3, -0.25) is 4.55 Å². The minimum atomic E-state index is -5.84. The fraction of sp³-hybridized carbons (Fsp3) is 0.167. The summed E-state index contributed by atoms with van der Waals surface area (Å²) < 4.78 is 63.5. The van der Waals surface area contributed by atoms with Crippen LogP contribution in [0.4, 0.5) is 13.2 Å². The first kappa shape index (κ1) is 36.0. The number of halogens is 3. The molecule has 0 saturated heterocycles. The maximum absolute atomic E-state index is 10.7. The SMILES string of the molecule is CC#N.CC1(C)c2ccccc2Oc2ccccc21.O=S(=O)(O)C(F)(F)F.[Pd].c1ccc(Pc2ccccc2)cc1. The summed E-state index contributed by atoms with van der Waals surface area (Å²) in [5.41, 5.74) is -3.00. The Kier molecular flexibility index (Phi) is 14.4. The molecule has 1 N–H and O–H groups in total. The summed E-state index contributed by atoms with van der Waals surface area (Å²) in [4.78, 5) is 0. The zero-order valence-corrected chi connectivity index (χ0v) is 25.7. The van der Waals surface area contributed by atoms with Crippen LogP contribution in [0.3, 0.4) is 0 Å². The molecule has 11 heteroatoms. The first-order valence-corrected chi connectivity index (χ1v) is 14.3. The van der Waals surface area contributed by atoms with E-state index in [0.717, 1.165) is 20.1 Å². The van der Waals surface area contributed by atoms with E-state index in [1.54, 1.807) is 6.07 Å². The zero-order valence-electron chi connectivity index (χ0n) is 22.4. The van der Waals surface area contributed by atoms with Gasteiger partial charge in [-0.05, 0) is 22.7 Å². The van der Waals surface area contributed by atoms with Crippen molar-refractivity contribution in [2.45, 2.75) is 31.7 Å². The second kappa shape index (κ2) is 16.4. The first-order valence-electron chi connectivity index (χ1n) is 11.9. The third-order valence-corrected chi connectivity index (χ3v) is 7.30. The average molecular weight is 694 g/mol. The largest absolute Gasteiger partial charge is 0.522 e. The van der Waals surface area contributed by atoms with Crippen LogP contribution in [-0.2, 0) is 36.0 Å². The molecule has 0 radical (unpaired) electrons. The van der Waals surface area contributed by atoms with Crippen LogP contribution >= 0.6 is 8.58 Å². The molecule has 0 spiro atoms. The second-order valence-electron chi connectivity index (χ2n) is 8.72. The van der Waals surface area contributed by atoms with Crippen LogP contribution in [0.25, 0.3) is 0 Å². The molecule has 0 bridgehead atoms. The maximum atomic E-state index is 10.7. The third kappa shape index (κ3) is 11.0. The maximum Gasteiger partial charge on any atom is 0.522 e. The summed E-state index contributed by atoms with van der Waals surface area (Å²) >= 11 is 0. The molecular formula is C30H29F3NO4PPdS. The van der Waals surface area contributed by atoms with Gasteiger partial charge < -0.3 is 4.74 Å². The van der Waals surface area contributed by atoms with Crippen molar-refractivity contribution in [2.24, 2.45) is 0 Å². The molecule has 41 heavy (non-hydrogen) atoms. The average Bonchev–Trinajstić information content (AvgIpc) is 2.90. The van der Waals surface area contributed by atoms with E-state index >= 15 is 0 Å². The zero-order chi connectivity index (χ0) is 29.8. The van der Waals surface area contributed by atoms with Crippen molar-refractivity contribution in [1.29, 1.82) is 5.26 Å². The van der Waals surface area contributed by atoms with Crippen LogP contribution in [0.5, 0.6) is 11.5 Å². The summed E-state index contributed by atoms with van der Waals surface area (Å²) in [5.74, 6) is 1.96. The molecule has 0 unspecified atom stereocenters. The summed E-state index contributed by atoms with van der Waals surface area (Å²) in [5, 5.41) is 10.1. The Bertz CT molecular complexity index is 1430. The van der Waals surface area contributed by atoms with Crippen molar-refractivity contribution in [2.75, 3.05) is 0 Å². The van der Waals surface area contributed by atoms with Gasteiger partial charge in [0.15, 0.2) is 0 Å².